The van der Waals surface area contributed by atoms with Crippen molar-refractivity contribution in [2.75, 3.05) is 32.1 Å². The van der Waals surface area contributed by atoms with Gasteiger partial charge < -0.3 is 4.90 Å². The van der Waals surface area contributed by atoms with Gasteiger partial charge in [-0.1, -0.05) is 52.0 Å². The lowest BCUT2D eigenvalue weighted by Crippen LogP contribution is -2.30. The molecular weight excluding hydrogens is 413 g/mol. The van der Waals surface area contributed by atoms with Crippen LogP contribution in [0.4, 0.5) is 11.4 Å². The van der Waals surface area contributed by atoms with Crippen LogP contribution < -0.4 is 4.90 Å². The molecule has 2 aliphatic heterocycles. The van der Waals surface area contributed by atoms with Crippen molar-refractivity contribution in [3.63, 3.8) is 0 Å². The summed E-state index contributed by atoms with van der Waals surface area (Å²) in [6, 6.07) is 15.3. The summed E-state index contributed by atoms with van der Waals surface area (Å²) >= 11 is 0. The molecule has 0 unspecified atom stereocenters. The van der Waals surface area contributed by atoms with Gasteiger partial charge in [-0.25, -0.2) is 14.2 Å². The summed E-state index contributed by atoms with van der Waals surface area (Å²) in [5.74, 6) is 0. The fourth-order valence-electron chi connectivity index (χ4n) is 5.18. The van der Waals surface area contributed by atoms with E-state index in [1.807, 2.05) is 0 Å². The topological polar surface area (TPSA) is 34.4 Å². The molecule has 2 heterocycles. The number of hydrazone groups is 1. The number of aryl methyl sites for hydroxylation is 2. The molecule has 5 nitrogen and oxygen atoms in total. The van der Waals surface area contributed by atoms with Crippen molar-refractivity contribution in [2.24, 2.45) is 9.85 Å². The average molecular weight is 450 g/mol. The Morgan fingerprint density at radius 2 is 1.69 bits per heavy atom. The lowest BCUT2D eigenvalue weighted by molar-refractivity contribution is 0.452. The second kappa shape index (κ2) is 8.20. The molecule has 1 atom stereocenters. The minimum Gasteiger partial charge on any atom is -0.346 e. The number of allylic oxidation sites excluding steroid dienone is 2. The van der Waals surface area contributed by atoms with E-state index in [1.54, 1.807) is 0 Å². The second-order valence-corrected chi connectivity index (χ2v) is 12.2. The average Bonchev–Trinajstić information content (AvgIpc) is 3.17. The number of fused-ring (bicyclic) bond motifs is 1. The molecule has 2 aromatic rings. The zero-order valence-corrected chi connectivity index (χ0v) is 21.6. The fourth-order valence-corrected chi connectivity index (χ4v) is 8.88. The molecular formula is C26H36N5P. The molecule has 0 spiro atoms. The van der Waals surface area contributed by atoms with Crippen molar-refractivity contribution in [1.29, 1.82) is 0 Å². The number of nitrogens with zero attached hydrogens (tertiary/aromatic N) is 5. The fraction of sp³-hybridized carbons (Fsp3) is 0.423. The summed E-state index contributed by atoms with van der Waals surface area (Å²) < 4.78 is 10.2. The van der Waals surface area contributed by atoms with Crippen LogP contribution >= 0.6 is 7.36 Å². The molecule has 0 saturated heterocycles. The van der Waals surface area contributed by atoms with Gasteiger partial charge in [-0.3, -0.25) is 0 Å². The molecule has 2 aromatic carbocycles. The van der Waals surface area contributed by atoms with Crippen LogP contribution in [0.2, 0.25) is 0 Å². The first-order chi connectivity index (χ1) is 15.2. The molecule has 0 N–H and O–H groups in total. The van der Waals surface area contributed by atoms with Crippen LogP contribution in [0.15, 0.2) is 63.3 Å². The first kappa shape index (κ1) is 22.8. The third kappa shape index (κ3) is 3.25. The molecule has 0 fully saturated rings. The SMILES string of the molecule is CCN(CC)[P@]1(=Nc2ccc(C)c(C)c2)/C(=C2\N(C)c3ccccc3C2(C)C)C=NN1C. The van der Waals surface area contributed by atoms with Gasteiger partial charge in [0.15, 0.2) is 7.36 Å². The monoisotopic (exact) mass is 449 g/mol. The Morgan fingerprint density at radius 1 is 1.00 bits per heavy atom. The summed E-state index contributed by atoms with van der Waals surface area (Å²) in [6.45, 7) is 15.3. The van der Waals surface area contributed by atoms with Gasteiger partial charge in [-0.15, -0.1) is 0 Å². The van der Waals surface area contributed by atoms with Gasteiger partial charge in [0.2, 0.25) is 0 Å². The van der Waals surface area contributed by atoms with Crippen LogP contribution in [-0.4, -0.2) is 42.8 Å². The van der Waals surface area contributed by atoms with E-state index in [1.165, 1.54) is 33.4 Å². The van der Waals surface area contributed by atoms with Crippen LogP contribution in [0, 0.1) is 13.8 Å². The summed E-state index contributed by atoms with van der Waals surface area (Å²) in [4.78, 5) is 2.37. The highest BCUT2D eigenvalue weighted by Crippen LogP contribution is 2.69. The maximum atomic E-state index is 5.56. The highest BCUT2D eigenvalue weighted by atomic mass is 31.2. The zero-order chi connectivity index (χ0) is 23.3. The molecule has 6 heteroatoms. The third-order valence-corrected chi connectivity index (χ3v) is 10.8. The van der Waals surface area contributed by atoms with Gasteiger partial charge >= 0.3 is 0 Å². The molecule has 0 aromatic heterocycles. The molecule has 0 saturated carbocycles. The molecule has 0 radical (unpaired) electrons. The zero-order valence-electron chi connectivity index (χ0n) is 20.7. The Labute approximate surface area is 193 Å². The maximum Gasteiger partial charge on any atom is 0.174 e. The van der Waals surface area contributed by atoms with Crippen molar-refractivity contribution in [2.45, 2.75) is 47.0 Å². The molecule has 170 valence electrons. The highest BCUT2D eigenvalue weighted by Gasteiger charge is 2.47. The predicted octanol–water partition coefficient (Wildman–Crippen LogP) is 6.88. The molecule has 32 heavy (non-hydrogen) atoms. The smallest absolute Gasteiger partial charge is 0.174 e. The Bertz CT molecular complexity index is 1160. The molecule has 0 bridgehead atoms. The first-order valence-corrected chi connectivity index (χ1v) is 13.1. The second-order valence-electron chi connectivity index (χ2n) is 9.24. The molecule has 2 aliphatic rings. The number of rotatable bonds is 4. The Morgan fingerprint density at radius 3 is 2.31 bits per heavy atom. The van der Waals surface area contributed by atoms with Gasteiger partial charge in [-0.05, 0) is 48.7 Å². The standard InChI is InChI=1S/C26H36N5P/c1-9-31(10-2)32(28-21-16-15-19(3)20(4)17-21)24(18-27-30(32)8)25-26(5,6)22-13-11-12-14-23(22)29(25)7/h11-18H,9-10H2,1-8H3/b25-24-/t32-/m0/s1. The Hall–Kier alpha value is -2.36. The van der Waals surface area contributed by atoms with Crippen molar-refractivity contribution in [3.8, 4) is 0 Å². The van der Waals surface area contributed by atoms with Crippen molar-refractivity contribution in [1.82, 2.24) is 9.45 Å². The lowest BCUT2D eigenvalue weighted by Gasteiger charge is -2.39. The molecule has 4 rings (SSSR count). The normalized spacial score (nSPS) is 23.9. The van der Waals surface area contributed by atoms with Gasteiger partial charge in [0.05, 0.1) is 17.2 Å². The van der Waals surface area contributed by atoms with E-state index in [2.05, 4.69) is 119 Å². The van der Waals surface area contributed by atoms with Crippen LogP contribution in [0.25, 0.3) is 0 Å². The molecule has 0 aliphatic carbocycles. The predicted molar refractivity (Wildman–Crippen MR) is 139 cm³/mol. The quantitative estimate of drug-likeness (QED) is 0.477. The van der Waals surface area contributed by atoms with E-state index >= 15 is 0 Å². The number of anilines is 1. The van der Waals surface area contributed by atoms with Crippen molar-refractivity contribution in [3.05, 3.63) is 70.2 Å². The first-order valence-electron chi connectivity index (χ1n) is 11.5. The van der Waals surface area contributed by atoms with E-state index in [0.29, 0.717) is 0 Å². The van der Waals surface area contributed by atoms with Crippen molar-refractivity contribution < 1.29 is 0 Å². The van der Waals surface area contributed by atoms with Gasteiger partial charge in [-0.2, -0.15) is 5.10 Å². The Kier molecular flexibility index (Phi) is 5.85. The minimum atomic E-state index is -2.30. The molecule has 0 amide bonds. The number of para-hydroxylation sites is 1. The summed E-state index contributed by atoms with van der Waals surface area (Å²) in [7, 11) is 1.98. The van der Waals surface area contributed by atoms with Crippen LogP contribution in [0.5, 0.6) is 0 Å². The summed E-state index contributed by atoms with van der Waals surface area (Å²) in [5.41, 5.74) is 7.39. The number of benzene rings is 2. The van der Waals surface area contributed by atoms with E-state index in [-0.39, 0.29) is 5.41 Å². The van der Waals surface area contributed by atoms with Gasteiger partial charge in [0.25, 0.3) is 0 Å². The highest BCUT2D eigenvalue weighted by molar-refractivity contribution is 7.67. The van der Waals surface area contributed by atoms with Crippen LogP contribution in [0.1, 0.15) is 44.4 Å². The van der Waals surface area contributed by atoms with Gasteiger partial charge in [0, 0.05) is 44.0 Å². The van der Waals surface area contributed by atoms with E-state index in [9.17, 15) is 0 Å². The largest absolute Gasteiger partial charge is 0.346 e. The van der Waals surface area contributed by atoms with Crippen LogP contribution in [0.3, 0.4) is 0 Å². The van der Waals surface area contributed by atoms with E-state index in [4.69, 9.17) is 9.85 Å². The van der Waals surface area contributed by atoms with E-state index in [0.717, 1.165) is 18.8 Å². The van der Waals surface area contributed by atoms with E-state index < -0.39 is 7.36 Å². The minimum absolute atomic E-state index is 0.130. The third-order valence-electron chi connectivity index (χ3n) is 7.05. The maximum absolute atomic E-state index is 5.56. The number of hydrogen-bond acceptors (Lipinski definition) is 3. The van der Waals surface area contributed by atoms with Crippen LogP contribution in [-0.2, 0) is 5.41 Å². The van der Waals surface area contributed by atoms with Crippen molar-refractivity contribution >= 4 is 24.9 Å². The summed E-state index contributed by atoms with van der Waals surface area (Å²) in [6.07, 6.45) is 2.08. The Balaban J connectivity index is 2.06. The lowest BCUT2D eigenvalue weighted by atomic mass is 9.84. The summed E-state index contributed by atoms with van der Waals surface area (Å²) in [5, 5.41) is 6.12. The number of likely N-dealkylation sites (N-methyl/N-ethyl adjacent to an activating group) is 1. The number of hydrogen-bond donors (Lipinski definition) is 0. The van der Waals surface area contributed by atoms with Gasteiger partial charge in [0.1, 0.15) is 0 Å².